The van der Waals surface area contributed by atoms with Gasteiger partial charge in [0.05, 0.1) is 20.3 Å². The normalized spacial score (nSPS) is 12.8. The van der Waals surface area contributed by atoms with Crippen LogP contribution in [0.5, 0.6) is 5.75 Å². The standard InChI is InChI=1S/C21H23FN2O5/c1-28-18(25)12-23-20-17(29-10-8-14-5-3-2-4-6-14)11-15-7-9-24(21(26)27)13-16(15)19(20)22/h2-6,11,23H,7-10,12-13H2,1H3,(H,26,27). The monoisotopic (exact) mass is 402 g/mol. The highest BCUT2D eigenvalue weighted by Crippen LogP contribution is 2.35. The number of rotatable bonds is 7. The highest BCUT2D eigenvalue weighted by molar-refractivity contribution is 5.76. The number of carboxylic acid groups (broad SMARTS) is 1. The van der Waals surface area contributed by atoms with Crippen molar-refractivity contribution in [2.24, 2.45) is 0 Å². The SMILES string of the molecule is COC(=O)CNc1c(OCCc2ccccc2)cc2c(c1F)CN(C(=O)O)CC2. The summed E-state index contributed by atoms with van der Waals surface area (Å²) >= 11 is 0. The molecule has 1 aliphatic rings. The number of benzene rings is 2. The number of amides is 1. The minimum absolute atomic E-state index is 0.0365. The summed E-state index contributed by atoms with van der Waals surface area (Å²) in [6, 6.07) is 11.5. The van der Waals surface area contributed by atoms with Crippen molar-refractivity contribution in [2.45, 2.75) is 19.4 Å². The number of hydrogen-bond acceptors (Lipinski definition) is 5. The number of hydrogen-bond donors (Lipinski definition) is 2. The second-order valence-corrected chi connectivity index (χ2v) is 6.67. The molecule has 3 rings (SSSR count). The molecular weight excluding hydrogens is 379 g/mol. The molecule has 0 aromatic heterocycles. The molecule has 0 radical (unpaired) electrons. The summed E-state index contributed by atoms with van der Waals surface area (Å²) in [6.07, 6.45) is -0.0597. The van der Waals surface area contributed by atoms with Gasteiger partial charge in [0, 0.05) is 18.5 Å². The van der Waals surface area contributed by atoms with Crippen molar-refractivity contribution in [3.8, 4) is 5.75 Å². The highest BCUT2D eigenvalue weighted by Gasteiger charge is 2.27. The first-order valence-electron chi connectivity index (χ1n) is 9.29. The topological polar surface area (TPSA) is 88.1 Å². The molecule has 2 N–H and O–H groups in total. The minimum Gasteiger partial charge on any atom is -0.491 e. The molecule has 0 saturated carbocycles. The first-order valence-corrected chi connectivity index (χ1v) is 9.29. The van der Waals surface area contributed by atoms with E-state index in [-0.39, 0.29) is 18.8 Å². The van der Waals surface area contributed by atoms with Crippen molar-refractivity contribution in [1.82, 2.24) is 4.90 Å². The van der Waals surface area contributed by atoms with Crippen LogP contribution >= 0.6 is 0 Å². The minimum atomic E-state index is -1.10. The number of nitrogens with zero attached hydrogens (tertiary/aromatic N) is 1. The van der Waals surface area contributed by atoms with Gasteiger partial charge in [-0.25, -0.2) is 9.18 Å². The number of methoxy groups -OCH3 is 1. The van der Waals surface area contributed by atoms with Gasteiger partial charge in [0.2, 0.25) is 0 Å². The van der Waals surface area contributed by atoms with Crippen LogP contribution in [0.25, 0.3) is 0 Å². The fourth-order valence-electron chi connectivity index (χ4n) is 3.23. The molecule has 1 heterocycles. The van der Waals surface area contributed by atoms with Crippen molar-refractivity contribution >= 4 is 17.7 Å². The maximum atomic E-state index is 15.2. The van der Waals surface area contributed by atoms with Crippen LogP contribution < -0.4 is 10.1 Å². The average molecular weight is 402 g/mol. The Kier molecular flexibility index (Phi) is 6.54. The summed E-state index contributed by atoms with van der Waals surface area (Å²) in [4.78, 5) is 23.9. The lowest BCUT2D eigenvalue weighted by atomic mass is 9.97. The van der Waals surface area contributed by atoms with E-state index in [4.69, 9.17) is 4.74 Å². The lowest BCUT2D eigenvalue weighted by Crippen LogP contribution is -2.35. The van der Waals surface area contributed by atoms with E-state index < -0.39 is 17.9 Å². The zero-order chi connectivity index (χ0) is 20.8. The molecular formula is C21H23FN2O5. The Morgan fingerprint density at radius 1 is 1.28 bits per heavy atom. The largest absolute Gasteiger partial charge is 0.491 e. The van der Waals surface area contributed by atoms with Gasteiger partial charge in [0.1, 0.15) is 18.0 Å². The Hall–Kier alpha value is -3.29. The summed E-state index contributed by atoms with van der Waals surface area (Å²) < 4.78 is 25.7. The quantitative estimate of drug-likeness (QED) is 0.692. The zero-order valence-corrected chi connectivity index (χ0v) is 16.1. The van der Waals surface area contributed by atoms with Crippen LogP contribution in [0.2, 0.25) is 0 Å². The molecule has 7 nitrogen and oxygen atoms in total. The molecule has 0 unspecified atom stereocenters. The molecule has 0 aliphatic carbocycles. The van der Waals surface area contributed by atoms with Gasteiger partial charge in [0.25, 0.3) is 0 Å². The number of carbonyl (C=O) groups is 2. The first kappa shape index (κ1) is 20.4. The molecule has 0 atom stereocenters. The summed E-state index contributed by atoms with van der Waals surface area (Å²) in [5.41, 5.74) is 2.13. The van der Waals surface area contributed by atoms with Crippen LogP contribution in [0, 0.1) is 5.82 Å². The Balaban J connectivity index is 1.83. The van der Waals surface area contributed by atoms with E-state index in [0.717, 1.165) is 10.5 Å². The Bertz CT molecular complexity index is 888. The fourth-order valence-corrected chi connectivity index (χ4v) is 3.23. The third-order valence-electron chi connectivity index (χ3n) is 4.82. The fraction of sp³-hybridized carbons (Fsp3) is 0.333. The van der Waals surface area contributed by atoms with Crippen molar-refractivity contribution < 1.29 is 28.6 Å². The summed E-state index contributed by atoms with van der Waals surface area (Å²) in [7, 11) is 1.25. The number of esters is 1. The molecule has 0 spiro atoms. The van der Waals surface area contributed by atoms with Gasteiger partial charge >= 0.3 is 12.1 Å². The summed E-state index contributed by atoms with van der Waals surface area (Å²) in [5, 5.41) is 11.9. The number of anilines is 1. The van der Waals surface area contributed by atoms with Crippen molar-refractivity contribution in [1.29, 1.82) is 0 Å². The molecule has 0 bridgehead atoms. The van der Waals surface area contributed by atoms with Gasteiger partial charge in [-0.05, 0) is 23.6 Å². The van der Waals surface area contributed by atoms with Crippen LogP contribution in [0.4, 0.5) is 14.9 Å². The van der Waals surface area contributed by atoms with Crippen LogP contribution in [0.15, 0.2) is 36.4 Å². The average Bonchev–Trinajstić information content (AvgIpc) is 2.73. The maximum Gasteiger partial charge on any atom is 0.407 e. The number of nitrogens with one attached hydrogen (secondary N) is 1. The van der Waals surface area contributed by atoms with Gasteiger partial charge in [-0.3, -0.25) is 4.79 Å². The van der Waals surface area contributed by atoms with Crippen molar-refractivity contribution in [3.05, 3.63) is 58.9 Å². The summed E-state index contributed by atoms with van der Waals surface area (Å²) in [6.45, 7) is 0.341. The highest BCUT2D eigenvalue weighted by atomic mass is 19.1. The summed E-state index contributed by atoms with van der Waals surface area (Å²) in [5.74, 6) is -0.860. The maximum absolute atomic E-state index is 15.2. The molecule has 29 heavy (non-hydrogen) atoms. The van der Waals surface area contributed by atoms with E-state index in [1.165, 1.54) is 7.11 Å². The Morgan fingerprint density at radius 3 is 2.72 bits per heavy atom. The van der Waals surface area contributed by atoms with E-state index in [1.807, 2.05) is 30.3 Å². The molecule has 2 aromatic carbocycles. The number of halogens is 1. The van der Waals surface area contributed by atoms with E-state index in [0.29, 0.717) is 42.9 Å². The van der Waals surface area contributed by atoms with E-state index >= 15 is 4.39 Å². The second kappa shape index (κ2) is 9.27. The lowest BCUT2D eigenvalue weighted by Gasteiger charge is -2.28. The van der Waals surface area contributed by atoms with Gasteiger partial charge < -0.3 is 24.8 Å². The smallest absolute Gasteiger partial charge is 0.407 e. The van der Waals surface area contributed by atoms with Crippen molar-refractivity contribution in [3.63, 3.8) is 0 Å². The number of ether oxygens (including phenoxy) is 2. The van der Waals surface area contributed by atoms with Crippen molar-refractivity contribution in [2.75, 3.05) is 32.1 Å². The molecule has 0 fully saturated rings. The number of fused-ring (bicyclic) bond motifs is 1. The third-order valence-corrected chi connectivity index (χ3v) is 4.82. The van der Waals surface area contributed by atoms with Gasteiger partial charge in [-0.15, -0.1) is 0 Å². The van der Waals surface area contributed by atoms with Crippen LogP contribution in [-0.2, 0) is 28.9 Å². The van der Waals surface area contributed by atoms with E-state index in [1.54, 1.807) is 6.07 Å². The van der Waals surface area contributed by atoms with Gasteiger partial charge in [-0.1, -0.05) is 30.3 Å². The molecule has 8 heteroatoms. The lowest BCUT2D eigenvalue weighted by molar-refractivity contribution is -0.138. The van der Waals surface area contributed by atoms with Gasteiger partial charge in [-0.2, -0.15) is 0 Å². The van der Waals surface area contributed by atoms with Crippen LogP contribution in [0.3, 0.4) is 0 Å². The first-order chi connectivity index (χ1) is 14.0. The zero-order valence-electron chi connectivity index (χ0n) is 16.1. The van der Waals surface area contributed by atoms with Crippen LogP contribution in [0.1, 0.15) is 16.7 Å². The second-order valence-electron chi connectivity index (χ2n) is 6.67. The predicted molar refractivity (Wildman–Crippen MR) is 105 cm³/mol. The number of carbonyl (C=O) groups excluding carboxylic acids is 1. The molecule has 0 saturated heterocycles. The molecule has 2 aromatic rings. The third kappa shape index (κ3) is 4.96. The Labute approximate surface area is 168 Å². The van der Waals surface area contributed by atoms with Crippen LogP contribution in [-0.4, -0.2) is 48.9 Å². The predicted octanol–water partition coefficient (Wildman–Crippen LogP) is 3.07. The Morgan fingerprint density at radius 2 is 2.03 bits per heavy atom. The molecule has 154 valence electrons. The molecule has 1 amide bonds. The van der Waals surface area contributed by atoms with E-state index in [2.05, 4.69) is 10.1 Å². The van der Waals surface area contributed by atoms with Gasteiger partial charge in [0.15, 0.2) is 5.82 Å². The molecule has 1 aliphatic heterocycles. The van der Waals surface area contributed by atoms with E-state index in [9.17, 15) is 14.7 Å².